The van der Waals surface area contributed by atoms with E-state index in [0.29, 0.717) is 6.42 Å². The van der Waals surface area contributed by atoms with Gasteiger partial charge < -0.3 is 14.9 Å². The Labute approximate surface area is 332 Å². The fourth-order valence-electron chi connectivity index (χ4n) is 8.57. The van der Waals surface area contributed by atoms with Gasteiger partial charge in [-0.2, -0.15) is 0 Å². The zero-order chi connectivity index (χ0) is 38.3. The highest BCUT2D eigenvalue weighted by molar-refractivity contribution is 6.23. The molecule has 5 heteroatoms. The van der Waals surface area contributed by atoms with Crippen LogP contribution in [0.2, 0.25) is 0 Å². The summed E-state index contributed by atoms with van der Waals surface area (Å²) in [5.74, 6) is 0.199. The lowest BCUT2D eigenvalue weighted by atomic mass is 9.94. The Bertz CT molecular complexity index is 3040. The number of hydrogen-bond acceptors (Lipinski definition) is 3. The van der Waals surface area contributed by atoms with Crippen molar-refractivity contribution in [1.29, 1.82) is 0 Å². The molecule has 0 amide bonds. The SMILES string of the molecule is CC(/C=C\C(=C/N)C1=NC(n2c3ccccc3c3ccc4c5ccccc5n(-c5ccccc5)c4c32)CC(c2ccc(-c3ccccc3)nc2)=C1)c1ccccc1. The van der Waals surface area contributed by atoms with E-state index in [4.69, 9.17) is 15.7 Å². The fourth-order valence-corrected chi connectivity index (χ4v) is 8.57. The first kappa shape index (κ1) is 34.3. The Morgan fingerprint density at radius 3 is 1.98 bits per heavy atom. The molecule has 2 N–H and O–H groups in total. The monoisotopic (exact) mass is 735 g/mol. The van der Waals surface area contributed by atoms with E-state index in [9.17, 15) is 0 Å². The van der Waals surface area contributed by atoms with Crippen LogP contribution >= 0.6 is 0 Å². The molecule has 3 aromatic heterocycles. The Morgan fingerprint density at radius 1 is 0.649 bits per heavy atom. The molecule has 0 radical (unpaired) electrons. The Balaban J connectivity index is 1.20. The highest BCUT2D eigenvalue weighted by Gasteiger charge is 2.27. The summed E-state index contributed by atoms with van der Waals surface area (Å²) < 4.78 is 4.91. The van der Waals surface area contributed by atoms with Gasteiger partial charge in [0.1, 0.15) is 6.17 Å². The van der Waals surface area contributed by atoms with E-state index < -0.39 is 0 Å². The highest BCUT2D eigenvalue weighted by atomic mass is 15.2. The molecule has 5 nitrogen and oxygen atoms in total. The molecule has 0 aliphatic carbocycles. The van der Waals surface area contributed by atoms with E-state index in [0.717, 1.165) is 50.4 Å². The molecule has 0 saturated heterocycles. The van der Waals surface area contributed by atoms with Crippen LogP contribution in [0.4, 0.5) is 0 Å². The fraction of sp³-hybridized carbons (Fsp3) is 0.0769. The van der Waals surface area contributed by atoms with Crippen LogP contribution in [0.5, 0.6) is 0 Å². The van der Waals surface area contributed by atoms with Gasteiger partial charge in [-0.15, -0.1) is 0 Å². The van der Waals surface area contributed by atoms with Crippen LogP contribution in [0.3, 0.4) is 0 Å². The molecule has 6 aromatic carbocycles. The summed E-state index contributed by atoms with van der Waals surface area (Å²) in [6.45, 7) is 2.21. The molecule has 1 aliphatic rings. The molecule has 9 aromatic rings. The van der Waals surface area contributed by atoms with Crippen molar-refractivity contribution in [2.45, 2.75) is 25.4 Å². The Kier molecular flexibility index (Phi) is 8.68. The summed E-state index contributed by atoms with van der Waals surface area (Å²) in [5.41, 5.74) is 19.5. The molecule has 0 saturated carbocycles. The van der Waals surface area contributed by atoms with Gasteiger partial charge >= 0.3 is 0 Å². The van der Waals surface area contributed by atoms with Crippen molar-refractivity contribution in [3.05, 3.63) is 211 Å². The van der Waals surface area contributed by atoms with Crippen LogP contribution in [0.25, 0.3) is 66.1 Å². The van der Waals surface area contributed by atoms with E-state index in [2.05, 4.69) is 192 Å². The van der Waals surface area contributed by atoms with Gasteiger partial charge in [0, 0.05) is 57.2 Å². The first-order chi connectivity index (χ1) is 28.2. The number of fused-ring (bicyclic) bond motifs is 7. The molecule has 4 heterocycles. The number of rotatable bonds is 8. The van der Waals surface area contributed by atoms with E-state index in [1.165, 1.54) is 38.1 Å². The molecular weight excluding hydrogens is 695 g/mol. The van der Waals surface area contributed by atoms with Gasteiger partial charge in [0.05, 0.1) is 33.5 Å². The summed E-state index contributed by atoms with van der Waals surface area (Å²) in [4.78, 5) is 10.6. The predicted molar refractivity (Wildman–Crippen MR) is 239 cm³/mol. The van der Waals surface area contributed by atoms with E-state index in [1.54, 1.807) is 6.20 Å². The van der Waals surface area contributed by atoms with Gasteiger partial charge in [0.2, 0.25) is 0 Å². The van der Waals surface area contributed by atoms with Crippen LogP contribution in [0, 0.1) is 0 Å². The zero-order valence-corrected chi connectivity index (χ0v) is 31.7. The number of dihydropyridines is 1. The molecule has 274 valence electrons. The minimum absolute atomic E-state index is 0.199. The molecule has 0 bridgehead atoms. The van der Waals surface area contributed by atoms with E-state index >= 15 is 0 Å². The van der Waals surface area contributed by atoms with Gasteiger partial charge in [0.15, 0.2) is 0 Å². The lowest BCUT2D eigenvalue weighted by Gasteiger charge is -2.25. The predicted octanol–water partition coefficient (Wildman–Crippen LogP) is 12.6. The zero-order valence-electron chi connectivity index (χ0n) is 31.7. The number of aliphatic imine (C=N–C) groups is 1. The third-order valence-corrected chi connectivity index (χ3v) is 11.4. The highest BCUT2D eigenvalue weighted by Crippen LogP contribution is 2.44. The lowest BCUT2D eigenvalue weighted by Crippen LogP contribution is -2.16. The second kappa shape index (κ2) is 14.4. The number of nitrogens with zero attached hydrogens (tertiary/aromatic N) is 4. The summed E-state index contributed by atoms with van der Waals surface area (Å²) in [6, 6.07) is 58.0. The third-order valence-electron chi connectivity index (χ3n) is 11.4. The molecular formula is C52H41N5. The number of benzene rings is 6. The van der Waals surface area contributed by atoms with Crippen LogP contribution in [-0.2, 0) is 0 Å². The molecule has 57 heavy (non-hydrogen) atoms. The summed E-state index contributed by atoms with van der Waals surface area (Å²) >= 11 is 0. The van der Waals surface area contributed by atoms with Crippen LogP contribution in [0.15, 0.2) is 205 Å². The van der Waals surface area contributed by atoms with Crippen molar-refractivity contribution >= 4 is 54.9 Å². The first-order valence-electron chi connectivity index (χ1n) is 19.6. The standard InChI is InChI=1S/C52H41N5/c1-35(36-15-5-2-6-16-36)25-26-38(33-53)47-31-40(39-27-30-46(54-34-39)37-17-7-3-8-18-37)32-50(55-47)57-49-24-14-12-22-43(49)45-29-28-44-42-21-11-13-23-48(42)56(51(44)52(45)57)41-19-9-4-10-20-41/h2-31,33-35,50H,32,53H2,1H3/b26-25-,38-33+. The van der Waals surface area contributed by atoms with Gasteiger partial charge in [-0.05, 0) is 59.0 Å². The lowest BCUT2D eigenvalue weighted by molar-refractivity contribution is 0.568. The molecule has 2 atom stereocenters. The summed E-state index contributed by atoms with van der Waals surface area (Å²) in [5, 5.41) is 4.83. The number of aromatic nitrogens is 3. The second-order valence-corrected chi connectivity index (χ2v) is 14.8. The summed E-state index contributed by atoms with van der Waals surface area (Å²) in [7, 11) is 0. The number of hydrogen-bond donors (Lipinski definition) is 1. The Morgan fingerprint density at radius 2 is 1.28 bits per heavy atom. The quantitative estimate of drug-likeness (QED) is 0.158. The van der Waals surface area contributed by atoms with Gasteiger partial charge in [-0.3, -0.25) is 9.98 Å². The van der Waals surface area contributed by atoms with Crippen molar-refractivity contribution < 1.29 is 0 Å². The van der Waals surface area contributed by atoms with Gasteiger partial charge in [-0.1, -0.05) is 153 Å². The largest absolute Gasteiger partial charge is 0.404 e. The minimum Gasteiger partial charge on any atom is -0.404 e. The van der Waals surface area contributed by atoms with Crippen LogP contribution < -0.4 is 5.73 Å². The topological polar surface area (TPSA) is 61.1 Å². The maximum atomic E-state index is 6.50. The van der Waals surface area contributed by atoms with E-state index in [-0.39, 0.29) is 12.1 Å². The molecule has 1 aliphatic heterocycles. The van der Waals surface area contributed by atoms with Crippen molar-refractivity contribution in [2.75, 3.05) is 0 Å². The van der Waals surface area contributed by atoms with E-state index in [1.807, 2.05) is 12.3 Å². The van der Waals surface area contributed by atoms with Crippen LogP contribution in [-0.4, -0.2) is 19.8 Å². The van der Waals surface area contributed by atoms with Gasteiger partial charge in [0.25, 0.3) is 0 Å². The van der Waals surface area contributed by atoms with Crippen molar-refractivity contribution in [1.82, 2.24) is 14.1 Å². The van der Waals surface area contributed by atoms with Crippen molar-refractivity contribution in [2.24, 2.45) is 10.7 Å². The molecule has 2 unspecified atom stereocenters. The average Bonchev–Trinajstić information content (AvgIpc) is 3.81. The molecule has 0 spiro atoms. The second-order valence-electron chi connectivity index (χ2n) is 14.8. The normalized spacial score (nSPS) is 15.5. The maximum absolute atomic E-state index is 6.50. The third kappa shape index (κ3) is 6.05. The van der Waals surface area contributed by atoms with Crippen LogP contribution in [0.1, 0.15) is 36.6 Å². The number of para-hydroxylation sites is 3. The van der Waals surface area contributed by atoms with Crippen molar-refractivity contribution in [3.63, 3.8) is 0 Å². The molecule has 10 rings (SSSR count). The smallest absolute Gasteiger partial charge is 0.130 e. The summed E-state index contributed by atoms with van der Waals surface area (Å²) in [6.07, 6.45) is 10.6. The average molecular weight is 736 g/mol. The van der Waals surface area contributed by atoms with Crippen molar-refractivity contribution in [3.8, 4) is 16.9 Å². The maximum Gasteiger partial charge on any atom is 0.130 e. The first-order valence-corrected chi connectivity index (χ1v) is 19.6. The minimum atomic E-state index is -0.279. The Hall–Kier alpha value is -7.24. The molecule has 0 fully saturated rings. The van der Waals surface area contributed by atoms with Gasteiger partial charge in [-0.25, -0.2) is 0 Å². The number of pyridine rings is 1. The number of allylic oxidation sites excluding steroid dienone is 4. The number of nitrogens with two attached hydrogens (primary N) is 1.